The number of fused-ring (bicyclic) bond motifs is 1. The Morgan fingerprint density at radius 2 is 1.74 bits per heavy atom. The second-order valence-corrected chi connectivity index (χ2v) is 7.34. The Hall–Kier alpha value is -2.98. The van der Waals surface area contributed by atoms with Crippen molar-refractivity contribution in [2.75, 3.05) is 6.79 Å². The average molecular weight is 393 g/mol. The Kier molecular flexibility index (Phi) is 4.08. The van der Waals surface area contributed by atoms with Gasteiger partial charge in [0, 0.05) is 5.56 Å². The van der Waals surface area contributed by atoms with E-state index in [-0.39, 0.29) is 11.7 Å². The molecule has 0 saturated heterocycles. The highest BCUT2D eigenvalue weighted by molar-refractivity contribution is 7.89. The van der Waals surface area contributed by atoms with Gasteiger partial charge in [-0.05, 0) is 48.5 Å². The van der Waals surface area contributed by atoms with Crippen LogP contribution in [0.3, 0.4) is 0 Å². The number of aromatic nitrogens is 2. The lowest BCUT2D eigenvalue weighted by atomic mass is 10.1. The van der Waals surface area contributed by atoms with Crippen molar-refractivity contribution in [2.24, 2.45) is 5.14 Å². The molecule has 0 atom stereocenters. The Morgan fingerprint density at radius 3 is 2.41 bits per heavy atom. The van der Waals surface area contributed by atoms with E-state index in [9.17, 15) is 17.2 Å². The van der Waals surface area contributed by atoms with Crippen LogP contribution in [0.1, 0.15) is 12.1 Å². The van der Waals surface area contributed by atoms with Crippen LogP contribution in [-0.2, 0) is 10.0 Å². The SMILES string of the molecule is NS(=O)(=O)c1ccc(-n2nc(C(F)F)cc2-c2ccc3c(c2)OCO3)cc1. The van der Waals surface area contributed by atoms with E-state index in [2.05, 4.69) is 5.10 Å². The molecule has 3 aromatic rings. The highest BCUT2D eigenvalue weighted by atomic mass is 32.2. The minimum atomic E-state index is -3.86. The fraction of sp³-hybridized carbons (Fsp3) is 0.118. The van der Waals surface area contributed by atoms with E-state index < -0.39 is 22.1 Å². The standard InChI is InChI=1S/C17H13F2N3O4S/c18-17(19)13-8-14(10-1-6-15-16(7-10)26-9-25-15)22(21-13)11-2-4-12(5-3-11)27(20,23)24/h1-8,17H,9H2,(H2,20,23,24). The lowest BCUT2D eigenvalue weighted by Crippen LogP contribution is -2.12. The largest absolute Gasteiger partial charge is 0.454 e. The van der Waals surface area contributed by atoms with Gasteiger partial charge >= 0.3 is 0 Å². The van der Waals surface area contributed by atoms with E-state index >= 15 is 0 Å². The lowest BCUT2D eigenvalue weighted by Gasteiger charge is -2.09. The van der Waals surface area contributed by atoms with Gasteiger partial charge in [0.15, 0.2) is 11.5 Å². The topological polar surface area (TPSA) is 96.4 Å². The number of rotatable bonds is 4. The van der Waals surface area contributed by atoms with E-state index in [1.807, 2.05) is 0 Å². The van der Waals surface area contributed by atoms with E-state index in [1.54, 1.807) is 18.2 Å². The molecule has 0 fully saturated rings. The van der Waals surface area contributed by atoms with Crippen LogP contribution in [0.5, 0.6) is 11.5 Å². The van der Waals surface area contributed by atoms with Gasteiger partial charge in [0.05, 0.1) is 16.3 Å². The Labute approximate surface area is 153 Å². The number of halogens is 2. The van der Waals surface area contributed by atoms with Gasteiger partial charge in [-0.25, -0.2) is 27.0 Å². The number of nitrogens with two attached hydrogens (primary N) is 1. The first-order valence-electron chi connectivity index (χ1n) is 7.74. The van der Waals surface area contributed by atoms with Gasteiger partial charge in [-0.1, -0.05) is 0 Å². The fourth-order valence-corrected chi connectivity index (χ4v) is 3.26. The summed E-state index contributed by atoms with van der Waals surface area (Å²) in [6.45, 7) is 0.0926. The maximum Gasteiger partial charge on any atom is 0.282 e. The summed E-state index contributed by atoms with van der Waals surface area (Å²) in [5.41, 5.74) is 0.987. The highest BCUT2D eigenvalue weighted by Gasteiger charge is 2.21. The maximum atomic E-state index is 13.2. The van der Waals surface area contributed by atoms with Crippen LogP contribution in [0, 0.1) is 0 Å². The van der Waals surface area contributed by atoms with E-state index in [0.717, 1.165) is 0 Å². The number of nitrogens with zero attached hydrogens (tertiary/aromatic N) is 2. The quantitative estimate of drug-likeness (QED) is 0.735. The van der Waals surface area contributed by atoms with Gasteiger partial charge in [0.25, 0.3) is 6.43 Å². The maximum absolute atomic E-state index is 13.2. The Balaban J connectivity index is 1.83. The summed E-state index contributed by atoms with van der Waals surface area (Å²) in [5.74, 6) is 1.07. The number of ether oxygens (including phenoxy) is 2. The fourth-order valence-electron chi connectivity index (χ4n) is 2.74. The van der Waals surface area contributed by atoms with Gasteiger partial charge in [-0.2, -0.15) is 5.10 Å². The molecule has 0 radical (unpaired) electrons. The third-order valence-electron chi connectivity index (χ3n) is 4.03. The number of hydrogen-bond donors (Lipinski definition) is 1. The smallest absolute Gasteiger partial charge is 0.282 e. The van der Waals surface area contributed by atoms with Crippen molar-refractivity contribution in [3.63, 3.8) is 0 Å². The first-order chi connectivity index (χ1) is 12.8. The zero-order valence-corrected chi connectivity index (χ0v) is 14.5. The predicted molar refractivity (Wildman–Crippen MR) is 91.5 cm³/mol. The van der Waals surface area contributed by atoms with Crippen molar-refractivity contribution in [2.45, 2.75) is 11.3 Å². The van der Waals surface area contributed by atoms with Crippen molar-refractivity contribution in [3.8, 4) is 28.4 Å². The van der Waals surface area contributed by atoms with Crippen molar-refractivity contribution in [1.82, 2.24) is 9.78 Å². The average Bonchev–Trinajstić information content (AvgIpc) is 3.27. The summed E-state index contributed by atoms with van der Waals surface area (Å²) in [4.78, 5) is -0.0860. The monoisotopic (exact) mass is 393 g/mol. The molecule has 7 nitrogen and oxygen atoms in total. The summed E-state index contributed by atoms with van der Waals surface area (Å²) in [6, 6.07) is 11.8. The third kappa shape index (κ3) is 3.24. The number of alkyl halides is 2. The first kappa shape index (κ1) is 17.4. The molecule has 140 valence electrons. The van der Waals surface area contributed by atoms with Crippen LogP contribution in [0.25, 0.3) is 16.9 Å². The molecule has 2 N–H and O–H groups in total. The van der Waals surface area contributed by atoms with Crippen molar-refractivity contribution < 1.29 is 26.7 Å². The molecule has 4 rings (SSSR count). The number of benzene rings is 2. The molecule has 2 heterocycles. The van der Waals surface area contributed by atoms with Gasteiger partial charge in [-0.3, -0.25) is 0 Å². The van der Waals surface area contributed by atoms with Gasteiger partial charge in [-0.15, -0.1) is 0 Å². The molecule has 1 aromatic heterocycles. The minimum absolute atomic E-state index is 0.0860. The molecular weight excluding hydrogens is 380 g/mol. The molecule has 0 spiro atoms. The summed E-state index contributed by atoms with van der Waals surface area (Å²) in [7, 11) is -3.86. The van der Waals surface area contributed by atoms with Crippen LogP contribution in [-0.4, -0.2) is 25.0 Å². The van der Waals surface area contributed by atoms with Crippen LogP contribution in [0.2, 0.25) is 0 Å². The molecule has 10 heteroatoms. The van der Waals surface area contributed by atoms with E-state index in [1.165, 1.54) is 35.0 Å². The van der Waals surface area contributed by atoms with Gasteiger partial charge in [0.2, 0.25) is 16.8 Å². The molecule has 1 aliphatic rings. The normalized spacial score (nSPS) is 13.3. The summed E-state index contributed by atoms with van der Waals surface area (Å²) < 4.78 is 61.1. The summed E-state index contributed by atoms with van der Waals surface area (Å²) >= 11 is 0. The van der Waals surface area contributed by atoms with Crippen LogP contribution in [0.15, 0.2) is 53.4 Å². The second-order valence-electron chi connectivity index (χ2n) is 5.77. The number of sulfonamides is 1. The minimum Gasteiger partial charge on any atom is -0.454 e. The zero-order valence-electron chi connectivity index (χ0n) is 13.7. The van der Waals surface area contributed by atoms with Crippen molar-refractivity contribution in [3.05, 3.63) is 54.2 Å². The molecule has 0 bridgehead atoms. The van der Waals surface area contributed by atoms with Gasteiger partial charge < -0.3 is 9.47 Å². The summed E-state index contributed by atoms with van der Waals surface area (Å²) in [6.07, 6.45) is -2.76. The van der Waals surface area contributed by atoms with Crippen LogP contribution in [0.4, 0.5) is 8.78 Å². The summed E-state index contributed by atoms with van der Waals surface area (Å²) in [5, 5.41) is 9.04. The highest BCUT2D eigenvalue weighted by Crippen LogP contribution is 2.37. The molecule has 2 aromatic carbocycles. The molecule has 0 unspecified atom stereocenters. The molecular formula is C17H13F2N3O4S. The lowest BCUT2D eigenvalue weighted by molar-refractivity contribution is 0.145. The second kappa shape index (κ2) is 6.32. The first-order valence-corrected chi connectivity index (χ1v) is 9.29. The number of primary sulfonamides is 1. The van der Waals surface area contributed by atoms with Crippen molar-refractivity contribution >= 4 is 10.0 Å². The molecule has 0 saturated carbocycles. The number of hydrogen-bond acceptors (Lipinski definition) is 5. The van der Waals surface area contributed by atoms with E-state index in [4.69, 9.17) is 14.6 Å². The van der Waals surface area contributed by atoms with Crippen molar-refractivity contribution in [1.29, 1.82) is 0 Å². The van der Waals surface area contributed by atoms with Crippen LogP contribution < -0.4 is 14.6 Å². The molecule has 0 aliphatic carbocycles. The third-order valence-corrected chi connectivity index (χ3v) is 4.96. The van der Waals surface area contributed by atoms with E-state index in [0.29, 0.717) is 28.4 Å². The molecule has 1 aliphatic heterocycles. The van der Waals surface area contributed by atoms with Crippen LogP contribution >= 0.6 is 0 Å². The predicted octanol–water partition coefficient (Wildman–Crippen LogP) is 2.85. The molecule has 0 amide bonds. The molecule has 27 heavy (non-hydrogen) atoms. The Morgan fingerprint density at radius 1 is 1.04 bits per heavy atom. The van der Waals surface area contributed by atoms with Gasteiger partial charge in [0.1, 0.15) is 5.69 Å². The Bertz CT molecular complexity index is 1110. The zero-order chi connectivity index (χ0) is 19.2.